The number of methoxy groups -OCH3 is 1. The second-order valence-electron chi connectivity index (χ2n) is 7.85. The number of hydrogen-bond donors (Lipinski definition) is 3. The summed E-state index contributed by atoms with van der Waals surface area (Å²) < 4.78 is 10.3. The number of anilines is 2. The van der Waals surface area contributed by atoms with Gasteiger partial charge in [-0.05, 0) is 50.6 Å². The van der Waals surface area contributed by atoms with Crippen LogP contribution in [0.4, 0.5) is 16.2 Å². The van der Waals surface area contributed by atoms with Crippen LogP contribution < -0.4 is 20.7 Å². The number of carbonyl (C=O) groups excluding carboxylic acids is 3. The Morgan fingerprint density at radius 1 is 0.903 bits per heavy atom. The van der Waals surface area contributed by atoms with E-state index in [1.807, 2.05) is 18.2 Å². The first-order valence-electron chi connectivity index (χ1n) is 9.95. The van der Waals surface area contributed by atoms with Crippen molar-refractivity contribution in [3.8, 4) is 5.75 Å². The topological polar surface area (TPSA) is 106 Å². The second kappa shape index (κ2) is 11.0. The number of carbonyl (C=O) groups is 3. The SMILES string of the molecule is COc1cccc(CC(=O)Nc2ccccc2NC(=O)CCNC(=O)OC(C)(C)C)c1. The quantitative estimate of drug-likeness (QED) is 0.595. The van der Waals surface area contributed by atoms with Crippen molar-refractivity contribution >= 4 is 29.3 Å². The van der Waals surface area contributed by atoms with Gasteiger partial charge in [-0.2, -0.15) is 0 Å². The molecule has 0 aliphatic rings. The molecular formula is C23H29N3O5. The monoisotopic (exact) mass is 427 g/mol. The molecule has 0 atom stereocenters. The molecule has 31 heavy (non-hydrogen) atoms. The van der Waals surface area contributed by atoms with E-state index in [-0.39, 0.29) is 31.2 Å². The molecule has 0 aliphatic carbocycles. The van der Waals surface area contributed by atoms with E-state index in [1.54, 1.807) is 58.2 Å². The summed E-state index contributed by atoms with van der Waals surface area (Å²) in [4.78, 5) is 36.3. The third-order valence-corrected chi connectivity index (χ3v) is 3.99. The van der Waals surface area contributed by atoms with Crippen LogP contribution in [0.2, 0.25) is 0 Å². The second-order valence-corrected chi connectivity index (χ2v) is 7.85. The molecular weight excluding hydrogens is 398 g/mol. The zero-order valence-corrected chi connectivity index (χ0v) is 18.3. The molecule has 2 aromatic rings. The number of nitrogens with one attached hydrogen (secondary N) is 3. The summed E-state index contributed by atoms with van der Waals surface area (Å²) in [5, 5.41) is 8.11. The minimum Gasteiger partial charge on any atom is -0.497 e. The molecule has 2 aromatic carbocycles. The highest BCUT2D eigenvalue weighted by molar-refractivity contribution is 6.00. The summed E-state index contributed by atoms with van der Waals surface area (Å²) in [5.41, 5.74) is 1.17. The fourth-order valence-electron chi connectivity index (χ4n) is 2.67. The Morgan fingerprint density at radius 3 is 2.16 bits per heavy atom. The molecule has 0 aliphatic heterocycles. The van der Waals surface area contributed by atoms with Crippen molar-refractivity contribution in [2.75, 3.05) is 24.3 Å². The number of alkyl carbamates (subject to hydrolysis) is 1. The van der Waals surface area contributed by atoms with Gasteiger partial charge in [0.25, 0.3) is 0 Å². The van der Waals surface area contributed by atoms with E-state index < -0.39 is 11.7 Å². The number of benzene rings is 2. The Bertz CT molecular complexity index is 921. The molecule has 0 saturated heterocycles. The van der Waals surface area contributed by atoms with Crippen LogP contribution in [0.5, 0.6) is 5.75 Å². The van der Waals surface area contributed by atoms with E-state index >= 15 is 0 Å². The molecule has 0 radical (unpaired) electrons. The maximum atomic E-state index is 12.5. The Balaban J connectivity index is 1.88. The number of para-hydroxylation sites is 2. The lowest BCUT2D eigenvalue weighted by Crippen LogP contribution is -2.34. The molecule has 0 saturated carbocycles. The van der Waals surface area contributed by atoms with Gasteiger partial charge in [0.2, 0.25) is 11.8 Å². The van der Waals surface area contributed by atoms with Crippen molar-refractivity contribution in [2.24, 2.45) is 0 Å². The molecule has 0 fully saturated rings. The summed E-state index contributed by atoms with van der Waals surface area (Å²) in [6.07, 6.45) is -0.351. The molecule has 0 heterocycles. The van der Waals surface area contributed by atoms with Gasteiger partial charge in [-0.1, -0.05) is 24.3 Å². The standard InChI is InChI=1S/C23H29N3O5/c1-23(2,3)31-22(29)24-13-12-20(27)25-18-10-5-6-11-19(18)26-21(28)15-16-8-7-9-17(14-16)30-4/h5-11,14H,12-13,15H2,1-4H3,(H,24,29)(H,25,27)(H,26,28). The van der Waals surface area contributed by atoms with Crippen LogP contribution in [0.15, 0.2) is 48.5 Å². The van der Waals surface area contributed by atoms with Crippen molar-refractivity contribution in [1.82, 2.24) is 5.32 Å². The lowest BCUT2D eigenvalue weighted by atomic mass is 10.1. The molecule has 0 bridgehead atoms. The third-order valence-electron chi connectivity index (χ3n) is 3.99. The summed E-state index contributed by atoms with van der Waals surface area (Å²) in [6.45, 7) is 5.42. The average Bonchev–Trinajstić information content (AvgIpc) is 2.68. The Labute approximate surface area is 182 Å². The van der Waals surface area contributed by atoms with Gasteiger partial charge in [0, 0.05) is 13.0 Å². The lowest BCUT2D eigenvalue weighted by Gasteiger charge is -2.19. The Morgan fingerprint density at radius 2 is 1.55 bits per heavy atom. The highest BCUT2D eigenvalue weighted by Gasteiger charge is 2.16. The van der Waals surface area contributed by atoms with E-state index in [4.69, 9.17) is 9.47 Å². The summed E-state index contributed by atoms with van der Waals surface area (Å²) in [7, 11) is 1.57. The first-order valence-corrected chi connectivity index (χ1v) is 9.95. The molecule has 0 aromatic heterocycles. The molecule has 8 nitrogen and oxygen atoms in total. The average molecular weight is 428 g/mol. The van der Waals surface area contributed by atoms with Crippen molar-refractivity contribution in [2.45, 2.75) is 39.2 Å². The van der Waals surface area contributed by atoms with Gasteiger partial charge >= 0.3 is 6.09 Å². The van der Waals surface area contributed by atoms with Crippen LogP contribution in [0.1, 0.15) is 32.8 Å². The zero-order chi connectivity index (χ0) is 22.9. The third kappa shape index (κ3) is 8.77. The van der Waals surface area contributed by atoms with Gasteiger partial charge in [-0.3, -0.25) is 9.59 Å². The van der Waals surface area contributed by atoms with Crippen LogP contribution >= 0.6 is 0 Å². The first kappa shape index (κ1) is 23.7. The van der Waals surface area contributed by atoms with Crippen LogP contribution in [0, 0.1) is 0 Å². The fraction of sp³-hybridized carbons (Fsp3) is 0.348. The fourth-order valence-corrected chi connectivity index (χ4v) is 2.67. The van der Waals surface area contributed by atoms with Gasteiger partial charge in [-0.25, -0.2) is 4.79 Å². The van der Waals surface area contributed by atoms with Crippen LogP contribution in [-0.4, -0.2) is 37.2 Å². The molecule has 8 heteroatoms. The van der Waals surface area contributed by atoms with Gasteiger partial charge in [0.15, 0.2) is 0 Å². The highest BCUT2D eigenvalue weighted by Crippen LogP contribution is 2.22. The van der Waals surface area contributed by atoms with Crippen molar-refractivity contribution in [3.63, 3.8) is 0 Å². The zero-order valence-electron chi connectivity index (χ0n) is 18.3. The maximum absolute atomic E-state index is 12.5. The first-order chi connectivity index (χ1) is 14.7. The van der Waals surface area contributed by atoms with E-state index in [2.05, 4.69) is 16.0 Å². The molecule has 3 N–H and O–H groups in total. The van der Waals surface area contributed by atoms with Crippen molar-refractivity contribution in [1.29, 1.82) is 0 Å². The molecule has 2 rings (SSSR count). The summed E-state index contributed by atoms with van der Waals surface area (Å²) in [5.74, 6) is 0.157. The minimum atomic E-state index is -0.603. The van der Waals surface area contributed by atoms with Gasteiger partial charge < -0.3 is 25.4 Å². The molecule has 0 spiro atoms. The van der Waals surface area contributed by atoms with Crippen molar-refractivity contribution in [3.05, 3.63) is 54.1 Å². The van der Waals surface area contributed by atoms with Gasteiger partial charge in [-0.15, -0.1) is 0 Å². The van der Waals surface area contributed by atoms with Gasteiger partial charge in [0.1, 0.15) is 11.4 Å². The van der Waals surface area contributed by atoms with Gasteiger partial charge in [0.05, 0.1) is 24.9 Å². The van der Waals surface area contributed by atoms with E-state index in [0.29, 0.717) is 17.1 Å². The predicted octanol–water partition coefficient (Wildman–Crippen LogP) is 3.73. The Kier molecular flexibility index (Phi) is 8.43. The Hall–Kier alpha value is -3.55. The lowest BCUT2D eigenvalue weighted by molar-refractivity contribution is -0.116. The highest BCUT2D eigenvalue weighted by atomic mass is 16.6. The molecule has 3 amide bonds. The van der Waals surface area contributed by atoms with Crippen molar-refractivity contribution < 1.29 is 23.9 Å². The van der Waals surface area contributed by atoms with Crippen LogP contribution in [0.3, 0.4) is 0 Å². The number of ether oxygens (including phenoxy) is 2. The minimum absolute atomic E-state index is 0.0608. The molecule has 166 valence electrons. The summed E-state index contributed by atoms with van der Waals surface area (Å²) in [6, 6.07) is 14.2. The van der Waals surface area contributed by atoms with E-state index in [9.17, 15) is 14.4 Å². The van der Waals surface area contributed by atoms with E-state index in [1.165, 1.54) is 0 Å². The predicted molar refractivity (Wildman–Crippen MR) is 119 cm³/mol. The van der Waals surface area contributed by atoms with Crippen LogP contribution in [-0.2, 0) is 20.7 Å². The molecule has 0 unspecified atom stereocenters. The van der Waals surface area contributed by atoms with Crippen LogP contribution in [0.25, 0.3) is 0 Å². The smallest absolute Gasteiger partial charge is 0.407 e. The summed E-state index contributed by atoms with van der Waals surface area (Å²) >= 11 is 0. The van der Waals surface area contributed by atoms with E-state index in [0.717, 1.165) is 5.56 Å². The number of amides is 3. The largest absolute Gasteiger partial charge is 0.497 e. The maximum Gasteiger partial charge on any atom is 0.407 e. The number of rotatable bonds is 8. The normalized spacial score (nSPS) is 10.7. The number of hydrogen-bond acceptors (Lipinski definition) is 5.